The zero-order valence-electron chi connectivity index (χ0n) is 15.7. The molecule has 1 unspecified atom stereocenters. The molecule has 0 heterocycles. The number of hydrogen-bond donors (Lipinski definition) is 2. The van der Waals surface area contributed by atoms with Gasteiger partial charge in [0.05, 0.1) is 0 Å². The summed E-state index contributed by atoms with van der Waals surface area (Å²) in [5.41, 5.74) is 2.90. The van der Waals surface area contributed by atoms with E-state index in [9.17, 15) is 0 Å². The first kappa shape index (κ1) is 21.9. The fourth-order valence-electron chi connectivity index (χ4n) is 3.17. The third-order valence-corrected chi connectivity index (χ3v) is 4.88. The molecule has 22 heavy (non-hydrogen) atoms. The first-order chi connectivity index (χ1) is 10.8. The normalized spacial score (nSPS) is 12.7. The zero-order chi connectivity index (χ0) is 16.3. The summed E-state index contributed by atoms with van der Waals surface area (Å²) < 4.78 is 0. The van der Waals surface area contributed by atoms with E-state index in [-0.39, 0.29) is 0 Å². The van der Waals surface area contributed by atoms with Crippen molar-refractivity contribution in [1.29, 1.82) is 0 Å². The molecular weight excluding hydrogens is 268 g/mol. The molecule has 0 saturated carbocycles. The van der Waals surface area contributed by atoms with Gasteiger partial charge in [0.1, 0.15) is 0 Å². The summed E-state index contributed by atoms with van der Waals surface area (Å²) in [6.45, 7) is 4.50. The molecule has 0 saturated heterocycles. The third kappa shape index (κ3) is 16.3. The Morgan fingerprint density at radius 1 is 0.591 bits per heavy atom. The van der Waals surface area contributed by atoms with Crippen LogP contribution in [0, 0.1) is 0 Å². The molecule has 0 aromatic heterocycles. The maximum Gasteiger partial charge on any atom is 0.0207 e. The Labute approximate surface area is 141 Å². The summed E-state index contributed by atoms with van der Waals surface area (Å²) in [4.78, 5) is 0. The van der Waals surface area contributed by atoms with E-state index in [1.807, 2.05) is 0 Å². The lowest BCUT2D eigenvalue weighted by Crippen LogP contribution is -2.34. The van der Waals surface area contributed by atoms with E-state index in [2.05, 4.69) is 19.3 Å². The Balaban J connectivity index is 3.02. The average molecular weight is 313 g/mol. The van der Waals surface area contributed by atoms with Crippen molar-refractivity contribution < 1.29 is 0 Å². The second-order valence-electron chi connectivity index (χ2n) is 7.01. The van der Waals surface area contributed by atoms with Crippen molar-refractivity contribution >= 4 is 0 Å². The van der Waals surface area contributed by atoms with Crippen LogP contribution in [-0.4, -0.2) is 6.04 Å². The largest absolute Gasteiger partial charge is 0.271 e. The Morgan fingerprint density at radius 2 is 0.955 bits per heavy atom. The van der Waals surface area contributed by atoms with Gasteiger partial charge in [0.2, 0.25) is 0 Å². The Morgan fingerprint density at radius 3 is 1.27 bits per heavy atom. The van der Waals surface area contributed by atoms with E-state index in [1.165, 1.54) is 103 Å². The molecule has 3 N–H and O–H groups in total. The molecular formula is C20H44N2. The van der Waals surface area contributed by atoms with Crippen molar-refractivity contribution in [2.45, 2.75) is 129 Å². The Hall–Kier alpha value is -0.0800. The highest BCUT2D eigenvalue weighted by atomic mass is 15.2. The van der Waals surface area contributed by atoms with Crippen molar-refractivity contribution in [3.8, 4) is 0 Å². The van der Waals surface area contributed by atoms with Gasteiger partial charge in [-0.05, 0) is 12.8 Å². The van der Waals surface area contributed by atoms with Crippen molar-refractivity contribution in [3.05, 3.63) is 0 Å². The second kappa shape index (κ2) is 19.0. The van der Waals surface area contributed by atoms with E-state index < -0.39 is 0 Å². The topological polar surface area (TPSA) is 38.0 Å². The van der Waals surface area contributed by atoms with Gasteiger partial charge in [-0.3, -0.25) is 11.3 Å². The molecule has 0 spiro atoms. The minimum Gasteiger partial charge on any atom is -0.271 e. The van der Waals surface area contributed by atoms with Gasteiger partial charge in [-0.25, -0.2) is 0 Å². The minimum atomic E-state index is 0.530. The molecule has 0 aliphatic carbocycles. The molecule has 0 aromatic carbocycles. The Bertz CT molecular complexity index is 190. The lowest BCUT2D eigenvalue weighted by molar-refractivity contribution is 0.450. The molecule has 0 bridgehead atoms. The van der Waals surface area contributed by atoms with Gasteiger partial charge in [0, 0.05) is 6.04 Å². The molecule has 134 valence electrons. The summed E-state index contributed by atoms with van der Waals surface area (Å²) in [6, 6.07) is 0.530. The summed E-state index contributed by atoms with van der Waals surface area (Å²) >= 11 is 0. The molecule has 0 rings (SSSR count). The van der Waals surface area contributed by atoms with Gasteiger partial charge >= 0.3 is 0 Å². The summed E-state index contributed by atoms with van der Waals surface area (Å²) in [5, 5.41) is 0. The quantitative estimate of drug-likeness (QED) is 0.172. The van der Waals surface area contributed by atoms with Crippen molar-refractivity contribution in [1.82, 2.24) is 5.43 Å². The number of unbranched alkanes of at least 4 members (excludes halogenated alkanes) is 14. The summed E-state index contributed by atoms with van der Waals surface area (Å²) in [5.74, 6) is 5.49. The highest BCUT2D eigenvalue weighted by Crippen LogP contribution is 2.14. The number of rotatable bonds is 18. The van der Waals surface area contributed by atoms with E-state index in [4.69, 9.17) is 5.84 Å². The zero-order valence-corrected chi connectivity index (χ0v) is 15.7. The molecule has 0 amide bonds. The van der Waals surface area contributed by atoms with Gasteiger partial charge in [0.25, 0.3) is 0 Å². The van der Waals surface area contributed by atoms with Crippen molar-refractivity contribution in [2.75, 3.05) is 0 Å². The van der Waals surface area contributed by atoms with Crippen molar-refractivity contribution in [3.63, 3.8) is 0 Å². The fraction of sp³-hybridized carbons (Fsp3) is 1.00. The average Bonchev–Trinajstić information content (AvgIpc) is 2.55. The standard InChI is InChI=1S/C20H44N2/c1-3-5-6-7-8-9-10-11-12-13-14-15-16-17-18-19-20(4-2)22-21/h20,22H,3-19,21H2,1-2H3. The Kier molecular flexibility index (Phi) is 18.9. The van der Waals surface area contributed by atoms with Crippen LogP contribution in [0.3, 0.4) is 0 Å². The molecule has 0 aromatic rings. The van der Waals surface area contributed by atoms with Crippen LogP contribution in [0.4, 0.5) is 0 Å². The van der Waals surface area contributed by atoms with E-state index >= 15 is 0 Å². The highest BCUT2D eigenvalue weighted by Gasteiger charge is 2.01. The van der Waals surface area contributed by atoms with Crippen LogP contribution in [0.1, 0.15) is 123 Å². The van der Waals surface area contributed by atoms with Crippen LogP contribution in [0.15, 0.2) is 0 Å². The number of hydrogen-bond acceptors (Lipinski definition) is 2. The molecule has 0 fully saturated rings. The van der Waals surface area contributed by atoms with Gasteiger partial charge in [-0.1, -0.05) is 110 Å². The maximum atomic E-state index is 5.49. The van der Waals surface area contributed by atoms with Crippen LogP contribution in [-0.2, 0) is 0 Å². The first-order valence-corrected chi connectivity index (χ1v) is 10.3. The predicted molar refractivity (Wildman–Crippen MR) is 101 cm³/mol. The summed E-state index contributed by atoms with van der Waals surface area (Å²) in [7, 11) is 0. The van der Waals surface area contributed by atoms with Crippen LogP contribution < -0.4 is 11.3 Å². The van der Waals surface area contributed by atoms with E-state index in [0.29, 0.717) is 6.04 Å². The first-order valence-electron chi connectivity index (χ1n) is 10.3. The van der Waals surface area contributed by atoms with Gasteiger partial charge < -0.3 is 0 Å². The number of nitrogens with one attached hydrogen (secondary N) is 1. The summed E-state index contributed by atoms with van der Waals surface area (Å²) in [6.07, 6.45) is 23.9. The van der Waals surface area contributed by atoms with Crippen LogP contribution in [0.2, 0.25) is 0 Å². The molecule has 2 heteroatoms. The van der Waals surface area contributed by atoms with Gasteiger partial charge in [0.15, 0.2) is 0 Å². The number of nitrogens with two attached hydrogens (primary N) is 1. The lowest BCUT2D eigenvalue weighted by Gasteiger charge is -2.12. The SMILES string of the molecule is CCCCCCCCCCCCCCCCCC(CC)NN. The van der Waals surface area contributed by atoms with Gasteiger partial charge in [-0.2, -0.15) is 0 Å². The molecule has 1 atom stereocenters. The molecule has 2 nitrogen and oxygen atoms in total. The van der Waals surface area contributed by atoms with Gasteiger partial charge in [-0.15, -0.1) is 0 Å². The second-order valence-corrected chi connectivity index (χ2v) is 7.01. The minimum absolute atomic E-state index is 0.530. The molecule has 0 aliphatic rings. The molecule has 0 aliphatic heterocycles. The van der Waals surface area contributed by atoms with E-state index in [0.717, 1.165) is 6.42 Å². The number of hydrazine groups is 1. The smallest absolute Gasteiger partial charge is 0.0207 e. The molecule has 0 radical (unpaired) electrons. The van der Waals surface area contributed by atoms with Crippen LogP contribution in [0.25, 0.3) is 0 Å². The lowest BCUT2D eigenvalue weighted by atomic mass is 10.0. The van der Waals surface area contributed by atoms with Crippen LogP contribution >= 0.6 is 0 Å². The van der Waals surface area contributed by atoms with Crippen LogP contribution in [0.5, 0.6) is 0 Å². The predicted octanol–water partition coefficient (Wildman–Crippen LogP) is 6.49. The maximum absolute atomic E-state index is 5.49. The van der Waals surface area contributed by atoms with Crippen molar-refractivity contribution in [2.24, 2.45) is 5.84 Å². The third-order valence-electron chi connectivity index (χ3n) is 4.88. The fourth-order valence-corrected chi connectivity index (χ4v) is 3.17. The monoisotopic (exact) mass is 312 g/mol. The van der Waals surface area contributed by atoms with E-state index in [1.54, 1.807) is 0 Å². The highest BCUT2D eigenvalue weighted by molar-refractivity contribution is 4.60.